The molecule has 1 aromatic carbocycles. The van der Waals surface area contributed by atoms with E-state index in [1.807, 2.05) is 0 Å². The topological polar surface area (TPSA) is 21.3 Å². The Hall–Kier alpha value is -1.02. The first-order valence-corrected chi connectivity index (χ1v) is 7.67. The molecule has 2 heteroatoms. The van der Waals surface area contributed by atoms with Gasteiger partial charge in [0.1, 0.15) is 5.75 Å². The van der Waals surface area contributed by atoms with E-state index in [1.54, 1.807) is 0 Å². The number of rotatable bonds is 7. The van der Waals surface area contributed by atoms with E-state index in [0.29, 0.717) is 6.04 Å². The van der Waals surface area contributed by atoms with Crippen molar-refractivity contribution in [2.24, 2.45) is 5.92 Å². The average molecular weight is 261 g/mol. The third-order valence-corrected chi connectivity index (χ3v) is 4.04. The van der Waals surface area contributed by atoms with Gasteiger partial charge in [0.2, 0.25) is 0 Å². The Kier molecular flexibility index (Phi) is 5.26. The van der Waals surface area contributed by atoms with Gasteiger partial charge in [-0.1, -0.05) is 25.5 Å². The zero-order valence-electron chi connectivity index (χ0n) is 12.5. The highest BCUT2D eigenvalue weighted by atomic mass is 16.5. The molecule has 0 aliphatic heterocycles. The standard InChI is InChI=1S/C17H27NO/c1-4-10-18-14(3)16-9-8-13(2)11-17(16)19-12-15-6-5-7-15/h8-9,11,14-15,18H,4-7,10,12H2,1-3H3. The van der Waals surface area contributed by atoms with E-state index < -0.39 is 0 Å². The molecular formula is C17H27NO. The summed E-state index contributed by atoms with van der Waals surface area (Å²) in [5.74, 6) is 1.86. The van der Waals surface area contributed by atoms with Crippen LogP contribution in [0.3, 0.4) is 0 Å². The minimum absolute atomic E-state index is 0.358. The number of nitrogens with one attached hydrogen (secondary N) is 1. The molecule has 0 spiro atoms. The first-order chi connectivity index (χ1) is 9.20. The Morgan fingerprint density at radius 3 is 2.79 bits per heavy atom. The molecule has 1 N–H and O–H groups in total. The van der Waals surface area contributed by atoms with Crippen LogP contribution >= 0.6 is 0 Å². The van der Waals surface area contributed by atoms with Gasteiger partial charge in [-0.15, -0.1) is 0 Å². The first-order valence-electron chi connectivity index (χ1n) is 7.67. The van der Waals surface area contributed by atoms with Crippen LogP contribution in [0.1, 0.15) is 56.7 Å². The SMILES string of the molecule is CCCNC(C)c1ccc(C)cc1OCC1CCC1. The molecule has 0 heterocycles. The molecule has 0 saturated heterocycles. The van der Waals surface area contributed by atoms with E-state index >= 15 is 0 Å². The smallest absolute Gasteiger partial charge is 0.124 e. The monoisotopic (exact) mass is 261 g/mol. The number of hydrogen-bond donors (Lipinski definition) is 1. The fourth-order valence-corrected chi connectivity index (χ4v) is 2.46. The van der Waals surface area contributed by atoms with Gasteiger partial charge < -0.3 is 10.1 Å². The van der Waals surface area contributed by atoms with Crippen LogP contribution in [0.25, 0.3) is 0 Å². The van der Waals surface area contributed by atoms with E-state index in [0.717, 1.165) is 31.2 Å². The van der Waals surface area contributed by atoms with Crippen molar-refractivity contribution in [2.75, 3.05) is 13.2 Å². The van der Waals surface area contributed by atoms with E-state index in [2.05, 4.69) is 44.3 Å². The number of benzene rings is 1. The Bertz CT molecular complexity index is 398. The van der Waals surface area contributed by atoms with E-state index in [9.17, 15) is 0 Å². The fraction of sp³-hybridized carbons (Fsp3) is 0.647. The molecule has 1 fully saturated rings. The van der Waals surface area contributed by atoms with Gasteiger partial charge in [0.15, 0.2) is 0 Å². The molecule has 0 amide bonds. The summed E-state index contributed by atoms with van der Waals surface area (Å²) in [6.07, 6.45) is 5.22. The highest BCUT2D eigenvalue weighted by molar-refractivity contribution is 5.39. The lowest BCUT2D eigenvalue weighted by Crippen LogP contribution is -2.22. The van der Waals surface area contributed by atoms with Crippen molar-refractivity contribution in [1.82, 2.24) is 5.32 Å². The quantitative estimate of drug-likeness (QED) is 0.793. The molecule has 2 rings (SSSR count). The Balaban J connectivity index is 2.02. The summed E-state index contributed by atoms with van der Waals surface area (Å²) in [7, 11) is 0. The van der Waals surface area contributed by atoms with Crippen molar-refractivity contribution in [3.8, 4) is 5.75 Å². The summed E-state index contributed by atoms with van der Waals surface area (Å²) in [5, 5.41) is 3.54. The summed E-state index contributed by atoms with van der Waals surface area (Å²) < 4.78 is 6.08. The first kappa shape index (κ1) is 14.4. The van der Waals surface area contributed by atoms with Gasteiger partial charge in [-0.25, -0.2) is 0 Å². The Morgan fingerprint density at radius 2 is 2.16 bits per heavy atom. The zero-order valence-corrected chi connectivity index (χ0v) is 12.5. The van der Waals surface area contributed by atoms with Crippen LogP contribution in [-0.4, -0.2) is 13.2 Å². The van der Waals surface area contributed by atoms with Crippen molar-refractivity contribution < 1.29 is 4.74 Å². The van der Waals surface area contributed by atoms with Crippen molar-refractivity contribution in [2.45, 2.75) is 52.5 Å². The summed E-state index contributed by atoms with van der Waals surface area (Å²) in [6.45, 7) is 8.48. The lowest BCUT2D eigenvalue weighted by atomic mass is 9.86. The molecule has 1 saturated carbocycles. The molecule has 1 atom stereocenters. The van der Waals surface area contributed by atoms with Gasteiger partial charge in [-0.05, 0) is 57.2 Å². The minimum Gasteiger partial charge on any atom is -0.493 e. The molecule has 0 bridgehead atoms. The fourth-order valence-electron chi connectivity index (χ4n) is 2.46. The molecule has 2 nitrogen and oxygen atoms in total. The van der Waals surface area contributed by atoms with Crippen LogP contribution in [0.4, 0.5) is 0 Å². The molecule has 1 aliphatic carbocycles. The zero-order chi connectivity index (χ0) is 13.7. The third kappa shape index (κ3) is 3.97. The Morgan fingerprint density at radius 1 is 1.37 bits per heavy atom. The van der Waals surface area contributed by atoms with Crippen LogP contribution in [0, 0.1) is 12.8 Å². The highest BCUT2D eigenvalue weighted by Gasteiger charge is 2.19. The van der Waals surface area contributed by atoms with Crippen LogP contribution in [-0.2, 0) is 0 Å². The molecule has 19 heavy (non-hydrogen) atoms. The maximum absolute atomic E-state index is 6.08. The highest BCUT2D eigenvalue weighted by Crippen LogP contribution is 2.30. The van der Waals surface area contributed by atoms with Crippen LogP contribution in [0.2, 0.25) is 0 Å². The molecule has 1 unspecified atom stereocenters. The van der Waals surface area contributed by atoms with Crippen LogP contribution in [0.15, 0.2) is 18.2 Å². The summed E-state index contributed by atoms with van der Waals surface area (Å²) in [5.41, 5.74) is 2.56. The van der Waals surface area contributed by atoms with E-state index in [1.165, 1.54) is 30.4 Å². The molecule has 106 valence electrons. The molecule has 0 radical (unpaired) electrons. The number of ether oxygens (including phenoxy) is 1. The second-order valence-electron chi connectivity index (χ2n) is 5.83. The van der Waals surface area contributed by atoms with Gasteiger partial charge in [0, 0.05) is 11.6 Å². The maximum Gasteiger partial charge on any atom is 0.124 e. The van der Waals surface area contributed by atoms with E-state index in [4.69, 9.17) is 4.74 Å². The average Bonchev–Trinajstić information content (AvgIpc) is 2.34. The van der Waals surface area contributed by atoms with Gasteiger partial charge in [-0.2, -0.15) is 0 Å². The summed E-state index contributed by atoms with van der Waals surface area (Å²) in [6, 6.07) is 6.92. The largest absolute Gasteiger partial charge is 0.493 e. The second-order valence-corrected chi connectivity index (χ2v) is 5.83. The second kappa shape index (κ2) is 6.95. The van der Waals surface area contributed by atoms with E-state index in [-0.39, 0.29) is 0 Å². The molecular weight excluding hydrogens is 234 g/mol. The Labute approximate surface area is 117 Å². The van der Waals surface area contributed by atoms with Gasteiger partial charge >= 0.3 is 0 Å². The van der Waals surface area contributed by atoms with Crippen LogP contribution in [0.5, 0.6) is 5.75 Å². The third-order valence-electron chi connectivity index (χ3n) is 4.04. The normalized spacial score (nSPS) is 17.0. The minimum atomic E-state index is 0.358. The summed E-state index contributed by atoms with van der Waals surface area (Å²) in [4.78, 5) is 0. The van der Waals surface area contributed by atoms with Crippen LogP contribution < -0.4 is 10.1 Å². The lowest BCUT2D eigenvalue weighted by molar-refractivity contribution is 0.178. The van der Waals surface area contributed by atoms with Crippen molar-refractivity contribution in [3.05, 3.63) is 29.3 Å². The number of hydrogen-bond acceptors (Lipinski definition) is 2. The predicted molar refractivity (Wildman–Crippen MR) is 80.7 cm³/mol. The molecule has 1 aliphatic rings. The van der Waals surface area contributed by atoms with Crippen molar-refractivity contribution in [3.63, 3.8) is 0 Å². The lowest BCUT2D eigenvalue weighted by Gasteiger charge is -2.26. The van der Waals surface area contributed by atoms with Crippen molar-refractivity contribution in [1.29, 1.82) is 0 Å². The predicted octanol–water partition coefficient (Wildman–Crippen LogP) is 4.23. The van der Waals surface area contributed by atoms with Gasteiger partial charge in [0.05, 0.1) is 6.61 Å². The molecule has 1 aromatic rings. The molecule has 0 aromatic heterocycles. The summed E-state index contributed by atoms with van der Waals surface area (Å²) >= 11 is 0. The maximum atomic E-state index is 6.08. The van der Waals surface area contributed by atoms with Gasteiger partial charge in [-0.3, -0.25) is 0 Å². The van der Waals surface area contributed by atoms with Gasteiger partial charge in [0.25, 0.3) is 0 Å². The number of aryl methyl sites for hydroxylation is 1. The van der Waals surface area contributed by atoms with Crippen molar-refractivity contribution >= 4 is 0 Å².